The Hall–Kier alpha value is -1.49. The second kappa shape index (κ2) is 2.86. The quantitative estimate of drug-likeness (QED) is 0.579. The van der Waals surface area contributed by atoms with Gasteiger partial charge >= 0.3 is 0 Å². The van der Waals surface area contributed by atoms with Gasteiger partial charge in [0.2, 0.25) is 0 Å². The lowest BCUT2D eigenvalue weighted by Crippen LogP contribution is -1.93. The molecule has 0 unspecified atom stereocenters. The standard InChI is InChI=1S/C10H12N2/c1-7(6-11)10-5-8(2)12(4)9(10)3/h5H,1H2,2-4H3. The van der Waals surface area contributed by atoms with Crippen molar-refractivity contribution in [3.63, 3.8) is 0 Å². The van der Waals surface area contributed by atoms with Crippen LogP contribution >= 0.6 is 0 Å². The van der Waals surface area contributed by atoms with Gasteiger partial charge in [-0.3, -0.25) is 0 Å². The molecule has 0 spiro atoms. The van der Waals surface area contributed by atoms with Gasteiger partial charge in [-0.25, -0.2) is 0 Å². The molecule has 0 aliphatic heterocycles. The fourth-order valence-electron chi connectivity index (χ4n) is 1.22. The fourth-order valence-corrected chi connectivity index (χ4v) is 1.22. The van der Waals surface area contributed by atoms with Gasteiger partial charge in [-0.2, -0.15) is 5.26 Å². The van der Waals surface area contributed by atoms with E-state index in [0.717, 1.165) is 17.0 Å². The number of rotatable bonds is 1. The van der Waals surface area contributed by atoms with E-state index in [1.165, 1.54) is 0 Å². The second-order valence-corrected chi connectivity index (χ2v) is 2.93. The largest absolute Gasteiger partial charge is 0.352 e. The molecule has 0 amide bonds. The maximum Gasteiger partial charge on any atom is 0.0992 e. The first-order valence-corrected chi connectivity index (χ1v) is 3.80. The van der Waals surface area contributed by atoms with Gasteiger partial charge in [-0.1, -0.05) is 6.58 Å². The Morgan fingerprint density at radius 1 is 1.58 bits per heavy atom. The van der Waals surface area contributed by atoms with Gasteiger partial charge in [0.05, 0.1) is 11.6 Å². The summed E-state index contributed by atoms with van der Waals surface area (Å²) >= 11 is 0. The smallest absolute Gasteiger partial charge is 0.0992 e. The highest BCUT2D eigenvalue weighted by atomic mass is 14.9. The SMILES string of the molecule is C=C(C#N)c1cc(C)n(C)c1C. The Kier molecular flexibility index (Phi) is 2.05. The number of aromatic nitrogens is 1. The zero-order valence-electron chi connectivity index (χ0n) is 7.68. The van der Waals surface area contributed by atoms with Crippen LogP contribution in [0.25, 0.3) is 5.57 Å². The Morgan fingerprint density at radius 2 is 2.17 bits per heavy atom. The minimum Gasteiger partial charge on any atom is -0.352 e. The molecule has 2 heteroatoms. The monoisotopic (exact) mass is 160 g/mol. The number of hydrogen-bond donors (Lipinski definition) is 0. The average Bonchev–Trinajstić information content (AvgIpc) is 2.32. The molecular weight excluding hydrogens is 148 g/mol. The minimum atomic E-state index is 0.538. The van der Waals surface area contributed by atoms with Crippen molar-refractivity contribution in [1.82, 2.24) is 4.57 Å². The molecule has 0 atom stereocenters. The summed E-state index contributed by atoms with van der Waals surface area (Å²) in [6.45, 7) is 7.69. The lowest BCUT2D eigenvalue weighted by Gasteiger charge is -1.99. The van der Waals surface area contributed by atoms with E-state index in [9.17, 15) is 0 Å². The van der Waals surface area contributed by atoms with Gasteiger partial charge in [0.15, 0.2) is 0 Å². The highest BCUT2D eigenvalue weighted by Gasteiger charge is 2.07. The molecule has 12 heavy (non-hydrogen) atoms. The van der Waals surface area contributed by atoms with Crippen molar-refractivity contribution in [3.05, 3.63) is 29.6 Å². The van der Waals surface area contributed by atoms with E-state index in [0.29, 0.717) is 5.57 Å². The van der Waals surface area contributed by atoms with Crippen LogP contribution in [0.4, 0.5) is 0 Å². The molecule has 62 valence electrons. The van der Waals surface area contributed by atoms with Gasteiger partial charge in [0.25, 0.3) is 0 Å². The van der Waals surface area contributed by atoms with Crippen molar-refractivity contribution < 1.29 is 0 Å². The summed E-state index contributed by atoms with van der Waals surface area (Å²) in [6.07, 6.45) is 0. The third kappa shape index (κ3) is 1.14. The third-order valence-electron chi connectivity index (χ3n) is 2.24. The Bertz CT molecular complexity index is 364. The Labute approximate surface area is 72.7 Å². The van der Waals surface area contributed by atoms with Crippen LogP contribution in [0, 0.1) is 25.2 Å². The molecule has 1 rings (SSSR count). The van der Waals surface area contributed by atoms with Crippen molar-refractivity contribution in [2.24, 2.45) is 7.05 Å². The van der Waals surface area contributed by atoms with Crippen LogP contribution in [0.3, 0.4) is 0 Å². The van der Waals surface area contributed by atoms with Gasteiger partial charge in [-0.15, -0.1) is 0 Å². The van der Waals surface area contributed by atoms with Crippen LogP contribution in [0.5, 0.6) is 0 Å². The van der Waals surface area contributed by atoms with E-state index in [1.807, 2.05) is 27.0 Å². The molecule has 0 saturated heterocycles. The molecule has 1 aromatic rings. The number of nitriles is 1. The molecule has 0 aliphatic carbocycles. The Balaban J connectivity index is 3.29. The predicted octanol–water partition coefficient (Wildman–Crippen LogP) is 2.18. The zero-order chi connectivity index (χ0) is 9.30. The topological polar surface area (TPSA) is 28.7 Å². The summed E-state index contributed by atoms with van der Waals surface area (Å²) in [7, 11) is 1.98. The van der Waals surface area contributed by atoms with Crippen LogP contribution in [-0.4, -0.2) is 4.57 Å². The third-order valence-corrected chi connectivity index (χ3v) is 2.24. The van der Waals surface area contributed by atoms with E-state index in [1.54, 1.807) is 0 Å². The molecule has 1 heterocycles. The number of aryl methyl sites for hydroxylation is 1. The maximum atomic E-state index is 8.65. The molecule has 1 aromatic heterocycles. The number of nitrogens with zero attached hydrogens (tertiary/aromatic N) is 2. The summed E-state index contributed by atoms with van der Waals surface area (Å²) in [5.41, 5.74) is 3.74. The summed E-state index contributed by atoms with van der Waals surface area (Å²) in [5.74, 6) is 0. The van der Waals surface area contributed by atoms with E-state index in [-0.39, 0.29) is 0 Å². The lowest BCUT2D eigenvalue weighted by molar-refractivity contribution is 0.843. The normalized spacial score (nSPS) is 9.50. The molecular formula is C10H12N2. The first-order chi connectivity index (χ1) is 5.57. The van der Waals surface area contributed by atoms with Crippen molar-refractivity contribution in [2.45, 2.75) is 13.8 Å². The van der Waals surface area contributed by atoms with E-state index in [2.05, 4.69) is 17.2 Å². The number of allylic oxidation sites excluding steroid dienone is 1. The summed E-state index contributed by atoms with van der Waals surface area (Å²) < 4.78 is 2.05. The summed E-state index contributed by atoms with van der Waals surface area (Å²) in [4.78, 5) is 0. The van der Waals surface area contributed by atoms with Gasteiger partial charge in [0, 0.05) is 24.0 Å². The van der Waals surface area contributed by atoms with Gasteiger partial charge < -0.3 is 4.57 Å². The molecule has 0 bridgehead atoms. The molecule has 0 radical (unpaired) electrons. The van der Waals surface area contributed by atoms with Crippen LogP contribution in [-0.2, 0) is 7.05 Å². The highest BCUT2D eigenvalue weighted by molar-refractivity contribution is 5.76. The molecule has 0 N–H and O–H groups in total. The van der Waals surface area contributed by atoms with Crippen LogP contribution in [0.1, 0.15) is 17.0 Å². The highest BCUT2D eigenvalue weighted by Crippen LogP contribution is 2.19. The molecule has 0 saturated carbocycles. The van der Waals surface area contributed by atoms with Crippen LogP contribution in [0.2, 0.25) is 0 Å². The zero-order valence-corrected chi connectivity index (χ0v) is 7.68. The van der Waals surface area contributed by atoms with Crippen LogP contribution < -0.4 is 0 Å². The molecule has 0 fully saturated rings. The summed E-state index contributed by atoms with van der Waals surface area (Å²) in [6, 6.07) is 4.04. The first kappa shape index (κ1) is 8.61. The predicted molar refractivity (Wildman–Crippen MR) is 49.5 cm³/mol. The van der Waals surface area contributed by atoms with Crippen LogP contribution in [0.15, 0.2) is 12.6 Å². The first-order valence-electron chi connectivity index (χ1n) is 3.80. The number of hydrogen-bond acceptors (Lipinski definition) is 1. The molecule has 2 nitrogen and oxygen atoms in total. The average molecular weight is 160 g/mol. The van der Waals surface area contributed by atoms with Crippen molar-refractivity contribution in [2.75, 3.05) is 0 Å². The Morgan fingerprint density at radius 3 is 2.50 bits per heavy atom. The van der Waals surface area contributed by atoms with Crippen molar-refractivity contribution in [3.8, 4) is 6.07 Å². The van der Waals surface area contributed by atoms with E-state index >= 15 is 0 Å². The summed E-state index contributed by atoms with van der Waals surface area (Å²) in [5, 5.41) is 8.65. The van der Waals surface area contributed by atoms with Gasteiger partial charge in [-0.05, 0) is 19.9 Å². The van der Waals surface area contributed by atoms with Crippen molar-refractivity contribution in [1.29, 1.82) is 5.26 Å². The fraction of sp³-hybridized carbons (Fsp3) is 0.300. The maximum absolute atomic E-state index is 8.65. The minimum absolute atomic E-state index is 0.538. The van der Waals surface area contributed by atoms with Crippen molar-refractivity contribution >= 4 is 5.57 Å². The lowest BCUT2D eigenvalue weighted by atomic mass is 10.1. The molecule has 0 aromatic carbocycles. The molecule has 0 aliphatic rings. The van der Waals surface area contributed by atoms with E-state index < -0.39 is 0 Å². The van der Waals surface area contributed by atoms with Gasteiger partial charge in [0.1, 0.15) is 0 Å². The second-order valence-electron chi connectivity index (χ2n) is 2.93. The van der Waals surface area contributed by atoms with E-state index in [4.69, 9.17) is 5.26 Å².